The van der Waals surface area contributed by atoms with Crippen LogP contribution in [-0.2, 0) is 4.74 Å². The number of nitrogens with one attached hydrogen (secondary N) is 1. The van der Waals surface area contributed by atoms with E-state index >= 15 is 0 Å². The first-order valence-electron chi connectivity index (χ1n) is 7.05. The smallest absolute Gasteiger partial charge is 0.341 e. The topological polar surface area (TPSA) is 85.6 Å². The number of hydrogen-bond donors (Lipinski definition) is 1. The number of aromatic nitrogens is 3. The van der Waals surface area contributed by atoms with E-state index in [9.17, 15) is 9.59 Å². The second-order valence-electron chi connectivity index (χ2n) is 4.71. The fraction of sp³-hybridized carbons (Fsp3) is 0.125. The molecule has 0 atom stereocenters. The highest BCUT2D eigenvalue weighted by molar-refractivity contribution is 6.05. The number of amides is 1. The summed E-state index contributed by atoms with van der Waals surface area (Å²) < 4.78 is 6.55. The average Bonchev–Trinajstić information content (AvgIpc) is 2.99. The average molecular weight is 310 g/mol. The fourth-order valence-corrected chi connectivity index (χ4v) is 2.13. The standard InChI is InChI=1S/C16H14N4O3/c1-2-23-16(22)13-10-18-20-8-5-12(9-14(13)20)19-15(21)11-3-6-17-7-4-11/h3-10H,2H2,1H3,(H,19,21). The van der Waals surface area contributed by atoms with Crippen LogP contribution in [0.25, 0.3) is 5.52 Å². The van der Waals surface area contributed by atoms with Gasteiger partial charge in [0.1, 0.15) is 5.56 Å². The number of nitrogens with zero attached hydrogens (tertiary/aromatic N) is 3. The molecular weight excluding hydrogens is 296 g/mol. The van der Waals surface area contributed by atoms with E-state index in [2.05, 4.69) is 15.4 Å². The van der Waals surface area contributed by atoms with Crippen LogP contribution in [0.1, 0.15) is 27.6 Å². The summed E-state index contributed by atoms with van der Waals surface area (Å²) in [5.41, 5.74) is 1.98. The molecule has 1 N–H and O–H groups in total. The summed E-state index contributed by atoms with van der Waals surface area (Å²) in [6, 6.07) is 6.62. The predicted octanol–water partition coefficient (Wildman–Crippen LogP) is 2.16. The van der Waals surface area contributed by atoms with Crippen molar-refractivity contribution in [2.75, 3.05) is 11.9 Å². The number of esters is 1. The van der Waals surface area contributed by atoms with Crippen molar-refractivity contribution >= 4 is 23.1 Å². The quantitative estimate of drug-likeness (QED) is 0.746. The molecule has 0 bridgehead atoms. The maximum atomic E-state index is 12.2. The molecular formula is C16H14N4O3. The summed E-state index contributed by atoms with van der Waals surface area (Å²) in [5.74, 6) is -0.700. The SMILES string of the molecule is CCOC(=O)c1cnn2ccc(NC(=O)c3ccncc3)cc12. The molecule has 0 saturated heterocycles. The lowest BCUT2D eigenvalue weighted by Crippen LogP contribution is -2.12. The molecule has 7 heteroatoms. The van der Waals surface area contributed by atoms with E-state index in [1.807, 2.05) is 0 Å². The Labute approximate surface area is 131 Å². The van der Waals surface area contributed by atoms with Gasteiger partial charge in [-0.2, -0.15) is 5.10 Å². The molecule has 3 aromatic heterocycles. The monoisotopic (exact) mass is 310 g/mol. The van der Waals surface area contributed by atoms with Crippen LogP contribution in [0.2, 0.25) is 0 Å². The van der Waals surface area contributed by atoms with Gasteiger partial charge in [-0.05, 0) is 31.2 Å². The van der Waals surface area contributed by atoms with Gasteiger partial charge in [0.15, 0.2) is 0 Å². The Morgan fingerprint density at radius 1 is 1.26 bits per heavy atom. The van der Waals surface area contributed by atoms with Gasteiger partial charge in [-0.3, -0.25) is 9.78 Å². The van der Waals surface area contributed by atoms with Crippen molar-refractivity contribution in [3.05, 3.63) is 60.2 Å². The molecule has 0 spiro atoms. The number of carbonyl (C=O) groups excluding carboxylic acids is 2. The van der Waals surface area contributed by atoms with Crippen LogP contribution in [0.4, 0.5) is 5.69 Å². The lowest BCUT2D eigenvalue weighted by Gasteiger charge is -2.06. The fourth-order valence-electron chi connectivity index (χ4n) is 2.13. The zero-order chi connectivity index (χ0) is 16.2. The van der Waals surface area contributed by atoms with Crippen LogP contribution < -0.4 is 5.32 Å². The minimum atomic E-state index is -0.444. The van der Waals surface area contributed by atoms with E-state index in [1.165, 1.54) is 6.20 Å². The molecule has 7 nitrogen and oxygen atoms in total. The molecule has 0 aliphatic rings. The lowest BCUT2D eigenvalue weighted by molar-refractivity contribution is 0.0528. The number of anilines is 1. The van der Waals surface area contributed by atoms with Crippen molar-refractivity contribution in [1.82, 2.24) is 14.6 Å². The second kappa shape index (κ2) is 6.27. The number of pyridine rings is 2. The minimum absolute atomic E-state index is 0.256. The molecule has 23 heavy (non-hydrogen) atoms. The molecule has 0 unspecified atom stereocenters. The molecule has 0 saturated carbocycles. The molecule has 0 aliphatic carbocycles. The number of carbonyl (C=O) groups is 2. The van der Waals surface area contributed by atoms with Crippen molar-refractivity contribution in [1.29, 1.82) is 0 Å². The Balaban J connectivity index is 1.89. The van der Waals surface area contributed by atoms with Crippen LogP contribution in [0.5, 0.6) is 0 Å². The zero-order valence-corrected chi connectivity index (χ0v) is 12.4. The predicted molar refractivity (Wildman–Crippen MR) is 83.3 cm³/mol. The van der Waals surface area contributed by atoms with E-state index in [0.717, 1.165) is 0 Å². The van der Waals surface area contributed by atoms with Crippen LogP contribution in [0.3, 0.4) is 0 Å². The molecule has 0 fully saturated rings. The van der Waals surface area contributed by atoms with Gasteiger partial charge in [-0.15, -0.1) is 0 Å². The van der Waals surface area contributed by atoms with Gasteiger partial charge in [0.05, 0.1) is 18.3 Å². The Morgan fingerprint density at radius 3 is 2.78 bits per heavy atom. The van der Waals surface area contributed by atoms with E-state index in [4.69, 9.17) is 4.74 Å². The third-order valence-corrected chi connectivity index (χ3v) is 3.22. The molecule has 0 radical (unpaired) electrons. The first-order valence-corrected chi connectivity index (χ1v) is 7.05. The van der Waals surface area contributed by atoms with Crippen molar-refractivity contribution in [3.8, 4) is 0 Å². The van der Waals surface area contributed by atoms with Crippen LogP contribution in [-0.4, -0.2) is 33.1 Å². The third kappa shape index (κ3) is 3.03. The van der Waals surface area contributed by atoms with Crippen molar-refractivity contribution < 1.29 is 14.3 Å². The van der Waals surface area contributed by atoms with Gasteiger partial charge in [0.2, 0.25) is 0 Å². The van der Waals surface area contributed by atoms with E-state index in [0.29, 0.717) is 22.3 Å². The first kappa shape index (κ1) is 14.7. The highest BCUT2D eigenvalue weighted by atomic mass is 16.5. The summed E-state index contributed by atoms with van der Waals surface area (Å²) in [5, 5.41) is 6.87. The summed E-state index contributed by atoms with van der Waals surface area (Å²) in [7, 11) is 0. The number of hydrogen-bond acceptors (Lipinski definition) is 5. The summed E-state index contributed by atoms with van der Waals surface area (Å²) in [6.45, 7) is 2.03. The highest BCUT2D eigenvalue weighted by Crippen LogP contribution is 2.17. The van der Waals surface area contributed by atoms with Crippen LogP contribution in [0, 0.1) is 0 Å². The summed E-state index contributed by atoms with van der Waals surface area (Å²) in [4.78, 5) is 27.9. The molecule has 116 valence electrons. The van der Waals surface area contributed by atoms with Crippen LogP contribution >= 0.6 is 0 Å². The number of fused-ring (bicyclic) bond motifs is 1. The maximum absolute atomic E-state index is 12.2. The lowest BCUT2D eigenvalue weighted by atomic mass is 10.2. The van der Waals surface area contributed by atoms with Gasteiger partial charge >= 0.3 is 5.97 Å². The second-order valence-corrected chi connectivity index (χ2v) is 4.71. The third-order valence-electron chi connectivity index (χ3n) is 3.22. The largest absolute Gasteiger partial charge is 0.462 e. The Morgan fingerprint density at radius 2 is 2.04 bits per heavy atom. The van der Waals surface area contributed by atoms with Gasteiger partial charge in [0.25, 0.3) is 5.91 Å². The van der Waals surface area contributed by atoms with Gasteiger partial charge in [-0.1, -0.05) is 0 Å². The molecule has 1 amide bonds. The van der Waals surface area contributed by atoms with E-state index in [1.54, 1.807) is 54.3 Å². The van der Waals surface area contributed by atoms with Crippen molar-refractivity contribution in [2.24, 2.45) is 0 Å². The minimum Gasteiger partial charge on any atom is -0.462 e. The summed E-state index contributed by atoms with van der Waals surface area (Å²) in [6.07, 6.45) is 6.21. The molecule has 3 rings (SSSR count). The highest BCUT2D eigenvalue weighted by Gasteiger charge is 2.14. The number of rotatable bonds is 4. The zero-order valence-electron chi connectivity index (χ0n) is 12.4. The molecule has 3 heterocycles. The molecule has 0 aromatic carbocycles. The van der Waals surface area contributed by atoms with Crippen molar-refractivity contribution in [2.45, 2.75) is 6.92 Å². The van der Waals surface area contributed by atoms with E-state index in [-0.39, 0.29) is 12.5 Å². The van der Waals surface area contributed by atoms with Gasteiger partial charge in [-0.25, -0.2) is 9.31 Å². The van der Waals surface area contributed by atoms with Crippen molar-refractivity contribution in [3.63, 3.8) is 0 Å². The van der Waals surface area contributed by atoms with E-state index < -0.39 is 5.97 Å². The van der Waals surface area contributed by atoms with Gasteiger partial charge in [0, 0.05) is 29.8 Å². The van der Waals surface area contributed by atoms with Crippen LogP contribution in [0.15, 0.2) is 49.1 Å². The first-order chi connectivity index (χ1) is 11.2. The van der Waals surface area contributed by atoms with Gasteiger partial charge < -0.3 is 10.1 Å². The molecule has 0 aliphatic heterocycles. The normalized spacial score (nSPS) is 10.5. The summed E-state index contributed by atoms with van der Waals surface area (Å²) >= 11 is 0. The Kier molecular flexibility index (Phi) is 4.01. The Hall–Kier alpha value is -3.22. The maximum Gasteiger partial charge on any atom is 0.341 e. The number of ether oxygens (including phenoxy) is 1. The Bertz CT molecular complexity index is 858. The molecule has 3 aromatic rings.